The maximum Gasteiger partial charge on any atom is 0.159 e. The fourth-order valence-corrected chi connectivity index (χ4v) is 1.91. The highest BCUT2D eigenvalue weighted by atomic mass is 19.2. The number of hydrogen-bond acceptors (Lipinski definition) is 2. The SMILES string of the molecule is CN(Cc1ccc(F)c(F)c1)c1cccc(C(=N)N)c1. The Morgan fingerprint density at radius 1 is 1.15 bits per heavy atom. The molecule has 104 valence electrons. The molecular weight excluding hydrogens is 260 g/mol. The van der Waals surface area contributed by atoms with Crippen molar-refractivity contribution in [2.75, 3.05) is 11.9 Å². The molecule has 20 heavy (non-hydrogen) atoms. The Morgan fingerprint density at radius 2 is 1.90 bits per heavy atom. The largest absolute Gasteiger partial charge is 0.384 e. The van der Waals surface area contributed by atoms with Gasteiger partial charge in [0.25, 0.3) is 0 Å². The van der Waals surface area contributed by atoms with Gasteiger partial charge in [-0.3, -0.25) is 5.41 Å². The second kappa shape index (κ2) is 5.69. The molecule has 0 fully saturated rings. The highest BCUT2D eigenvalue weighted by molar-refractivity contribution is 5.95. The van der Waals surface area contributed by atoms with Crippen molar-refractivity contribution in [3.8, 4) is 0 Å². The summed E-state index contributed by atoms with van der Waals surface area (Å²) in [5.41, 5.74) is 7.59. The standard InChI is InChI=1S/C15H15F2N3/c1-20(9-10-5-6-13(16)14(17)7-10)12-4-2-3-11(8-12)15(18)19/h2-8H,9H2,1H3,(H3,18,19). The van der Waals surface area contributed by atoms with E-state index in [0.29, 0.717) is 17.7 Å². The molecule has 0 aliphatic rings. The number of nitrogens with one attached hydrogen (secondary N) is 1. The van der Waals surface area contributed by atoms with Crippen molar-refractivity contribution in [3.05, 3.63) is 65.2 Å². The summed E-state index contributed by atoms with van der Waals surface area (Å²) in [4.78, 5) is 1.87. The quantitative estimate of drug-likeness (QED) is 0.666. The predicted octanol–water partition coefficient (Wildman–Crippen LogP) is 2.89. The van der Waals surface area contributed by atoms with Crippen molar-refractivity contribution >= 4 is 11.5 Å². The lowest BCUT2D eigenvalue weighted by Crippen LogP contribution is -2.18. The van der Waals surface area contributed by atoms with Crippen LogP contribution in [0.5, 0.6) is 0 Å². The fourth-order valence-electron chi connectivity index (χ4n) is 1.91. The summed E-state index contributed by atoms with van der Waals surface area (Å²) in [5, 5.41) is 7.41. The van der Waals surface area contributed by atoms with Gasteiger partial charge in [-0.05, 0) is 29.8 Å². The van der Waals surface area contributed by atoms with Gasteiger partial charge in [0.15, 0.2) is 11.6 Å². The number of halogens is 2. The summed E-state index contributed by atoms with van der Waals surface area (Å²) in [6.45, 7) is 0.429. The highest BCUT2D eigenvalue weighted by Crippen LogP contribution is 2.18. The third kappa shape index (κ3) is 3.12. The average molecular weight is 275 g/mol. The first-order valence-electron chi connectivity index (χ1n) is 6.07. The molecule has 5 heteroatoms. The zero-order valence-corrected chi connectivity index (χ0v) is 11.0. The van der Waals surface area contributed by atoms with E-state index in [2.05, 4.69) is 0 Å². The number of nitrogen functional groups attached to an aromatic ring is 1. The minimum Gasteiger partial charge on any atom is -0.384 e. The van der Waals surface area contributed by atoms with Crippen molar-refractivity contribution in [3.63, 3.8) is 0 Å². The first-order chi connectivity index (χ1) is 9.47. The van der Waals surface area contributed by atoms with Crippen LogP contribution in [0.3, 0.4) is 0 Å². The number of amidine groups is 1. The van der Waals surface area contributed by atoms with Gasteiger partial charge in [0, 0.05) is 24.8 Å². The number of anilines is 1. The van der Waals surface area contributed by atoms with Crippen LogP contribution < -0.4 is 10.6 Å². The maximum absolute atomic E-state index is 13.2. The molecule has 3 nitrogen and oxygen atoms in total. The smallest absolute Gasteiger partial charge is 0.159 e. The third-order valence-corrected chi connectivity index (χ3v) is 3.00. The zero-order chi connectivity index (χ0) is 14.7. The van der Waals surface area contributed by atoms with Gasteiger partial charge in [0.1, 0.15) is 5.84 Å². The van der Waals surface area contributed by atoms with Crippen LogP contribution in [-0.2, 0) is 6.54 Å². The zero-order valence-electron chi connectivity index (χ0n) is 11.0. The maximum atomic E-state index is 13.2. The minimum atomic E-state index is -0.853. The van der Waals surface area contributed by atoms with Crippen molar-refractivity contribution in [2.24, 2.45) is 5.73 Å². The monoisotopic (exact) mass is 275 g/mol. The van der Waals surface area contributed by atoms with Gasteiger partial charge in [-0.15, -0.1) is 0 Å². The molecule has 0 saturated heterocycles. The molecule has 0 radical (unpaired) electrons. The van der Waals surface area contributed by atoms with Crippen LogP contribution in [0, 0.1) is 17.0 Å². The van der Waals surface area contributed by atoms with Crippen LogP contribution in [0.15, 0.2) is 42.5 Å². The number of nitrogens with two attached hydrogens (primary N) is 1. The van der Waals surface area contributed by atoms with Crippen LogP contribution in [-0.4, -0.2) is 12.9 Å². The second-order valence-corrected chi connectivity index (χ2v) is 4.57. The summed E-state index contributed by atoms with van der Waals surface area (Å²) in [5.74, 6) is -1.71. The van der Waals surface area contributed by atoms with E-state index < -0.39 is 11.6 Å². The number of rotatable bonds is 4. The van der Waals surface area contributed by atoms with Crippen molar-refractivity contribution in [1.82, 2.24) is 0 Å². The topological polar surface area (TPSA) is 53.1 Å². The van der Waals surface area contributed by atoms with Crippen LogP contribution in [0.4, 0.5) is 14.5 Å². The van der Waals surface area contributed by atoms with Crippen molar-refractivity contribution < 1.29 is 8.78 Å². The minimum absolute atomic E-state index is 0.00641. The summed E-state index contributed by atoms with van der Waals surface area (Å²) in [6.07, 6.45) is 0. The first-order valence-corrected chi connectivity index (χ1v) is 6.07. The van der Waals surface area contributed by atoms with Crippen LogP contribution in [0.25, 0.3) is 0 Å². The van der Waals surface area contributed by atoms with Gasteiger partial charge < -0.3 is 10.6 Å². The molecule has 0 unspecified atom stereocenters. The first kappa shape index (κ1) is 14.0. The van der Waals surface area contributed by atoms with E-state index in [0.717, 1.165) is 11.8 Å². The Bertz CT molecular complexity index is 641. The molecule has 0 aromatic heterocycles. The van der Waals surface area contributed by atoms with E-state index >= 15 is 0 Å². The van der Waals surface area contributed by atoms with Gasteiger partial charge in [-0.2, -0.15) is 0 Å². The molecule has 0 aliphatic carbocycles. The van der Waals surface area contributed by atoms with Gasteiger partial charge in [0.2, 0.25) is 0 Å². The Kier molecular flexibility index (Phi) is 3.98. The molecule has 0 bridgehead atoms. The lowest BCUT2D eigenvalue weighted by molar-refractivity contribution is 0.507. The summed E-state index contributed by atoms with van der Waals surface area (Å²) >= 11 is 0. The number of benzene rings is 2. The summed E-state index contributed by atoms with van der Waals surface area (Å²) in [7, 11) is 1.83. The van der Waals surface area contributed by atoms with Gasteiger partial charge >= 0.3 is 0 Å². The Labute approximate surface area is 116 Å². The van der Waals surface area contributed by atoms with E-state index in [9.17, 15) is 8.78 Å². The second-order valence-electron chi connectivity index (χ2n) is 4.57. The lowest BCUT2D eigenvalue weighted by atomic mass is 10.1. The summed E-state index contributed by atoms with van der Waals surface area (Å²) in [6, 6.07) is 11.0. The molecule has 2 aromatic rings. The highest BCUT2D eigenvalue weighted by Gasteiger charge is 2.07. The molecule has 0 saturated carbocycles. The Morgan fingerprint density at radius 3 is 2.55 bits per heavy atom. The molecule has 0 heterocycles. The van der Waals surface area contributed by atoms with Gasteiger partial charge in [-0.1, -0.05) is 18.2 Å². The van der Waals surface area contributed by atoms with E-state index in [1.54, 1.807) is 24.3 Å². The van der Waals surface area contributed by atoms with E-state index in [1.165, 1.54) is 6.07 Å². The Hall–Kier alpha value is -2.43. The fraction of sp³-hybridized carbons (Fsp3) is 0.133. The number of nitrogens with zero attached hydrogens (tertiary/aromatic N) is 1. The van der Waals surface area contributed by atoms with E-state index in [-0.39, 0.29) is 5.84 Å². The molecule has 0 atom stereocenters. The van der Waals surface area contributed by atoms with Gasteiger partial charge in [0.05, 0.1) is 0 Å². The van der Waals surface area contributed by atoms with E-state index in [1.807, 2.05) is 18.0 Å². The van der Waals surface area contributed by atoms with Crippen molar-refractivity contribution in [2.45, 2.75) is 6.54 Å². The molecule has 2 rings (SSSR count). The molecule has 0 spiro atoms. The van der Waals surface area contributed by atoms with Gasteiger partial charge in [-0.25, -0.2) is 8.78 Å². The van der Waals surface area contributed by atoms with Crippen LogP contribution in [0.2, 0.25) is 0 Å². The lowest BCUT2D eigenvalue weighted by Gasteiger charge is -2.20. The average Bonchev–Trinajstić information content (AvgIpc) is 2.43. The molecule has 0 amide bonds. The van der Waals surface area contributed by atoms with Crippen molar-refractivity contribution in [1.29, 1.82) is 5.41 Å². The number of hydrogen-bond donors (Lipinski definition) is 2. The van der Waals surface area contributed by atoms with E-state index in [4.69, 9.17) is 11.1 Å². The predicted molar refractivity (Wildman–Crippen MR) is 75.9 cm³/mol. The molecule has 0 aliphatic heterocycles. The van der Waals surface area contributed by atoms with Crippen LogP contribution in [0.1, 0.15) is 11.1 Å². The third-order valence-electron chi connectivity index (χ3n) is 3.00. The van der Waals surface area contributed by atoms with Crippen LogP contribution >= 0.6 is 0 Å². The molecule has 3 N–H and O–H groups in total. The summed E-state index contributed by atoms with van der Waals surface area (Å²) < 4.78 is 26.0. The molecule has 2 aromatic carbocycles. The molecular formula is C15H15F2N3. The normalized spacial score (nSPS) is 10.3. The Balaban J connectivity index is 2.19.